The van der Waals surface area contributed by atoms with Crippen molar-refractivity contribution in [3.8, 4) is 0 Å². The summed E-state index contributed by atoms with van der Waals surface area (Å²) in [6, 6.07) is -0.293. The number of likely N-dealkylation sites (N-methyl/N-ethyl adjacent to an activating group) is 1. The molecule has 0 aromatic heterocycles. The van der Waals surface area contributed by atoms with E-state index in [1.165, 1.54) is 0 Å². The summed E-state index contributed by atoms with van der Waals surface area (Å²) in [7, 11) is 1.84. The molecule has 2 atom stereocenters. The summed E-state index contributed by atoms with van der Waals surface area (Å²) in [5, 5.41) is 9.46. The van der Waals surface area contributed by atoms with Crippen molar-refractivity contribution in [3.05, 3.63) is 23.8 Å². The molecule has 0 bridgehead atoms. The summed E-state index contributed by atoms with van der Waals surface area (Å²) in [4.78, 5) is 13.7. The molecule has 2 rings (SSSR count). The van der Waals surface area contributed by atoms with Crippen molar-refractivity contribution in [2.24, 2.45) is 0 Å². The van der Waals surface area contributed by atoms with Gasteiger partial charge in [0.15, 0.2) is 0 Å². The lowest BCUT2D eigenvalue weighted by molar-refractivity contribution is -0.147. The summed E-state index contributed by atoms with van der Waals surface area (Å²) in [6.45, 7) is 0.887. The SMILES string of the molecule is CN1C[C@H](O)CC1C(=O)OCC1=CCCC=C1. The molecule has 0 radical (unpaired) electrons. The van der Waals surface area contributed by atoms with Crippen LogP contribution >= 0.6 is 0 Å². The van der Waals surface area contributed by atoms with E-state index in [1.54, 1.807) is 0 Å². The number of carbonyl (C=O) groups excluding carboxylic acids is 1. The number of carbonyl (C=O) groups is 1. The number of aliphatic hydroxyl groups excluding tert-OH is 1. The number of likely N-dealkylation sites (tertiary alicyclic amines) is 1. The molecule has 2 aliphatic rings. The van der Waals surface area contributed by atoms with Crippen LogP contribution in [0.25, 0.3) is 0 Å². The third kappa shape index (κ3) is 3.17. The fraction of sp³-hybridized carbons (Fsp3) is 0.615. The molecule has 0 saturated carbocycles. The number of allylic oxidation sites excluding steroid dienone is 2. The standard InChI is InChI=1S/C13H19NO3/c1-14-8-11(15)7-12(14)13(16)17-9-10-5-3-2-4-6-10/h3,5-6,11-12,15H,2,4,7-9H2,1H3/t11-,12?/m1/s1. The van der Waals surface area contributed by atoms with Gasteiger partial charge in [-0.2, -0.15) is 0 Å². The zero-order valence-electron chi connectivity index (χ0n) is 10.1. The van der Waals surface area contributed by atoms with Gasteiger partial charge in [0.1, 0.15) is 12.6 Å². The molecule has 1 fully saturated rings. The van der Waals surface area contributed by atoms with Crippen LogP contribution in [0.4, 0.5) is 0 Å². The number of nitrogens with zero attached hydrogens (tertiary/aromatic N) is 1. The number of esters is 1. The van der Waals surface area contributed by atoms with E-state index in [0.717, 1.165) is 18.4 Å². The van der Waals surface area contributed by atoms with Crippen molar-refractivity contribution in [2.45, 2.75) is 31.4 Å². The van der Waals surface area contributed by atoms with Gasteiger partial charge in [-0.1, -0.05) is 18.2 Å². The molecule has 0 amide bonds. The molecule has 4 heteroatoms. The quantitative estimate of drug-likeness (QED) is 0.740. The van der Waals surface area contributed by atoms with Crippen LogP contribution in [-0.4, -0.2) is 48.3 Å². The molecule has 0 spiro atoms. The summed E-state index contributed by atoms with van der Waals surface area (Å²) in [5.74, 6) is -0.232. The van der Waals surface area contributed by atoms with Crippen molar-refractivity contribution in [1.29, 1.82) is 0 Å². The fourth-order valence-corrected chi connectivity index (χ4v) is 2.27. The van der Waals surface area contributed by atoms with Crippen molar-refractivity contribution < 1.29 is 14.6 Å². The van der Waals surface area contributed by atoms with Gasteiger partial charge in [-0.15, -0.1) is 0 Å². The Bertz CT molecular complexity index is 349. The topological polar surface area (TPSA) is 49.8 Å². The van der Waals surface area contributed by atoms with Gasteiger partial charge in [-0.3, -0.25) is 9.69 Å². The molecule has 17 heavy (non-hydrogen) atoms. The third-order valence-electron chi connectivity index (χ3n) is 3.25. The van der Waals surface area contributed by atoms with Crippen LogP contribution in [0.1, 0.15) is 19.3 Å². The van der Waals surface area contributed by atoms with Gasteiger partial charge in [0.05, 0.1) is 6.10 Å². The van der Waals surface area contributed by atoms with E-state index in [-0.39, 0.29) is 12.0 Å². The lowest BCUT2D eigenvalue weighted by Gasteiger charge is -2.17. The van der Waals surface area contributed by atoms with Crippen LogP contribution in [0.3, 0.4) is 0 Å². The average molecular weight is 237 g/mol. The van der Waals surface area contributed by atoms with Crippen LogP contribution in [-0.2, 0) is 9.53 Å². The number of aliphatic hydroxyl groups is 1. The van der Waals surface area contributed by atoms with E-state index >= 15 is 0 Å². The predicted octanol–water partition coefficient (Wildman–Crippen LogP) is 0.871. The van der Waals surface area contributed by atoms with Crippen LogP contribution < -0.4 is 0 Å². The van der Waals surface area contributed by atoms with Crippen LogP contribution in [0.2, 0.25) is 0 Å². The fourth-order valence-electron chi connectivity index (χ4n) is 2.27. The van der Waals surface area contributed by atoms with Gasteiger partial charge in [-0.05, 0) is 25.5 Å². The number of hydrogen-bond acceptors (Lipinski definition) is 4. The van der Waals surface area contributed by atoms with Crippen LogP contribution in [0.5, 0.6) is 0 Å². The normalized spacial score (nSPS) is 29.2. The molecule has 0 aromatic carbocycles. The molecular formula is C13H19NO3. The first-order chi connectivity index (χ1) is 8.16. The molecule has 1 N–H and O–H groups in total. The van der Waals surface area contributed by atoms with E-state index < -0.39 is 6.10 Å². The molecule has 1 aliphatic carbocycles. The van der Waals surface area contributed by atoms with E-state index in [1.807, 2.05) is 18.0 Å². The lowest BCUT2D eigenvalue weighted by Crippen LogP contribution is -2.34. The predicted molar refractivity (Wildman–Crippen MR) is 64.5 cm³/mol. The second-order valence-electron chi connectivity index (χ2n) is 4.71. The summed E-state index contributed by atoms with van der Waals surface area (Å²) >= 11 is 0. The highest BCUT2D eigenvalue weighted by Crippen LogP contribution is 2.17. The van der Waals surface area contributed by atoms with E-state index in [2.05, 4.69) is 12.2 Å². The zero-order valence-corrected chi connectivity index (χ0v) is 10.1. The molecule has 0 aromatic rings. The van der Waals surface area contributed by atoms with Crippen molar-refractivity contribution in [3.63, 3.8) is 0 Å². The zero-order chi connectivity index (χ0) is 12.3. The minimum absolute atomic E-state index is 0.232. The number of β-amino-alcohol motifs (C(OH)–C–C–N with tert-alkyl or cyclic N) is 1. The average Bonchev–Trinajstić information content (AvgIpc) is 2.67. The maximum Gasteiger partial charge on any atom is 0.323 e. The molecule has 1 heterocycles. The van der Waals surface area contributed by atoms with Gasteiger partial charge in [0, 0.05) is 13.0 Å². The Kier molecular flexibility index (Phi) is 3.97. The first kappa shape index (κ1) is 12.3. The summed E-state index contributed by atoms with van der Waals surface area (Å²) < 4.78 is 5.27. The highest BCUT2D eigenvalue weighted by Gasteiger charge is 2.34. The Hall–Kier alpha value is -1.13. The maximum absolute atomic E-state index is 11.8. The first-order valence-corrected chi connectivity index (χ1v) is 6.07. The Balaban J connectivity index is 1.81. The summed E-state index contributed by atoms with van der Waals surface area (Å²) in [5.41, 5.74) is 1.06. The Labute approximate surface area is 102 Å². The number of rotatable bonds is 3. The highest BCUT2D eigenvalue weighted by atomic mass is 16.5. The minimum atomic E-state index is -0.411. The first-order valence-electron chi connectivity index (χ1n) is 6.07. The monoisotopic (exact) mass is 237 g/mol. The minimum Gasteiger partial charge on any atom is -0.460 e. The van der Waals surface area contributed by atoms with Gasteiger partial charge < -0.3 is 9.84 Å². The largest absolute Gasteiger partial charge is 0.460 e. The van der Waals surface area contributed by atoms with Crippen LogP contribution in [0, 0.1) is 0 Å². The number of ether oxygens (including phenoxy) is 1. The highest BCUT2D eigenvalue weighted by molar-refractivity contribution is 5.76. The third-order valence-corrected chi connectivity index (χ3v) is 3.25. The van der Waals surface area contributed by atoms with Crippen LogP contribution in [0.15, 0.2) is 23.8 Å². The van der Waals surface area contributed by atoms with Crippen molar-refractivity contribution >= 4 is 5.97 Å². The molecular weight excluding hydrogens is 218 g/mol. The second-order valence-corrected chi connectivity index (χ2v) is 4.71. The van der Waals surface area contributed by atoms with E-state index in [0.29, 0.717) is 19.6 Å². The van der Waals surface area contributed by atoms with Crippen molar-refractivity contribution in [2.75, 3.05) is 20.2 Å². The number of hydrogen-bond donors (Lipinski definition) is 1. The Morgan fingerprint density at radius 2 is 2.41 bits per heavy atom. The molecule has 1 aliphatic heterocycles. The lowest BCUT2D eigenvalue weighted by atomic mass is 10.1. The Morgan fingerprint density at radius 3 is 3.00 bits per heavy atom. The second kappa shape index (κ2) is 5.47. The van der Waals surface area contributed by atoms with Gasteiger partial charge in [-0.25, -0.2) is 0 Å². The van der Waals surface area contributed by atoms with E-state index in [9.17, 15) is 9.90 Å². The summed E-state index contributed by atoms with van der Waals surface area (Å²) in [6.07, 6.45) is 8.34. The molecule has 4 nitrogen and oxygen atoms in total. The van der Waals surface area contributed by atoms with Crippen molar-refractivity contribution in [1.82, 2.24) is 4.90 Å². The Morgan fingerprint density at radius 1 is 1.59 bits per heavy atom. The molecule has 1 unspecified atom stereocenters. The van der Waals surface area contributed by atoms with E-state index in [4.69, 9.17) is 4.74 Å². The maximum atomic E-state index is 11.8. The van der Waals surface area contributed by atoms with Gasteiger partial charge >= 0.3 is 5.97 Å². The molecule has 1 saturated heterocycles. The smallest absolute Gasteiger partial charge is 0.323 e. The van der Waals surface area contributed by atoms with Gasteiger partial charge in [0.25, 0.3) is 0 Å². The van der Waals surface area contributed by atoms with Gasteiger partial charge in [0.2, 0.25) is 0 Å². The molecule has 94 valence electrons.